The minimum Gasteiger partial charge on any atom is -0.340 e. The highest BCUT2D eigenvalue weighted by atomic mass is 16.2. The molecule has 2 fully saturated rings. The lowest BCUT2D eigenvalue weighted by atomic mass is 10.1. The van der Waals surface area contributed by atoms with Gasteiger partial charge in [-0.15, -0.1) is 0 Å². The van der Waals surface area contributed by atoms with Crippen LogP contribution < -0.4 is 5.32 Å². The van der Waals surface area contributed by atoms with Crippen molar-refractivity contribution in [3.8, 4) is 11.3 Å². The van der Waals surface area contributed by atoms with Gasteiger partial charge >= 0.3 is 0 Å². The molecule has 0 unspecified atom stereocenters. The monoisotopic (exact) mass is 482 g/mol. The van der Waals surface area contributed by atoms with E-state index >= 15 is 0 Å². The van der Waals surface area contributed by atoms with E-state index in [9.17, 15) is 4.79 Å². The van der Waals surface area contributed by atoms with Crippen LogP contribution >= 0.6 is 0 Å². The van der Waals surface area contributed by atoms with Gasteiger partial charge in [0.2, 0.25) is 11.9 Å². The maximum atomic E-state index is 12.4. The molecule has 0 spiro atoms. The number of fused-ring (bicyclic) bond motifs is 1. The second-order valence-electron chi connectivity index (χ2n) is 9.72. The van der Waals surface area contributed by atoms with E-state index in [1.54, 1.807) is 6.20 Å². The summed E-state index contributed by atoms with van der Waals surface area (Å²) in [6.07, 6.45) is 5.74. The van der Waals surface area contributed by atoms with Crippen LogP contribution in [0.5, 0.6) is 0 Å². The molecule has 184 valence electrons. The fourth-order valence-corrected chi connectivity index (χ4v) is 4.87. The van der Waals surface area contributed by atoms with Gasteiger partial charge in [-0.1, -0.05) is 6.07 Å². The number of aromatic nitrogens is 5. The van der Waals surface area contributed by atoms with E-state index in [2.05, 4.69) is 60.3 Å². The molecule has 1 amide bonds. The minimum atomic E-state index is 0.237. The van der Waals surface area contributed by atoms with Crippen LogP contribution in [0.2, 0.25) is 0 Å². The Morgan fingerprint density at radius 1 is 1.03 bits per heavy atom. The molecule has 0 bridgehead atoms. The van der Waals surface area contributed by atoms with E-state index in [1.807, 2.05) is 36.2 Å². The molecule has 4 heterocycles. The number of hydrogen-bond acceptors (Lipinski definition) is 7. The summed E-state index contributed by atoms with van der Waals surface area (Å²) in [5, 5.41) is 3.33. The molecule has 1 atom stereocenters. The summed E-state index contributed by atoms with van der Waals surface area (Å²) in [5.74, 6) is 2.78. The third-order valence-electron chi connectivity index (χ3n) is 7.17. The van der Waals surface area contributed by atoms with Crippen molar-refractivity contribution in [2.45, 2.75) is 32.7 Å². The number of carbonyl (C=O) groups excluding carboxylic acids is 1. The standard InChI is InChI=1S/C27H30N8O/c1-17(34-11-13-35(14-12-34)26(36)19-3-4-19)20-7-9-29-25(16-20)33-27-31-23-6-5-21(15-24(23)32-27)22-8-10-28-18(2)30-22/h5-10,15-17,19H,3-4,11-14H2,1-2H3,(H2,29,31,32,33)/t17-/m1/s1. The fraction of sp³-hybridized carbons (Fsp3) is 0.370. The Morgan fingerprint density at radius 3 is 2.61 bits per heavy atom. The Bertz CT molecular complexity index is 1400. The molecule has 1 aliphatic heterocycles. The average Bonchev–Trinajstić information content (AvgIpc) is 3.68. The third-order valence-corrected chi connectivity index (χ3v) is 7.17. The van der Waals surface area contributed by atoms with Gasteiger partial charge in [0, 0.05) is 56.1 Å². The highest BCUT2D eigenvalue weighted by molar-refractivity contribution is 5.83. The van der Waals surface area contributed by atoms with Gasteiger partial charge in [-0.05, 0) is 62.6 Å². The van der Waals surface area contributed by atoms with Crippen LogP contribution in [0.25, 0.3) is 22.3 Å². The Labute approximate surface area is 210 Å². The van der Waals surface area contributed by atoms with Crippen LogP contribution in [0.1, 0.15) is 37.2 Å². The number of pyridine rings is 1. The number of anilines is 2. The molecule has 1 saturated heterocycles. The van der Waals surface area contributed by atoms with Crippen LogP contribution in [0.4, 0.5) is 11.8 Å². The molecule has 1 saturated carbocycles. The van der Waals surface area contributed by atoms with E-state index in [-0.39, 0.29) is 6.04 Å². The molecule has 4 aromatic rings. The predicted molar refractivity (Wildman–Crippen MR) is 139 cm³/mol. The Morgan fingerprint density at radius 2 is 1.83 bits per heavy atom. The van der Waals surface area contributed by atoms with E-state index in [0.29, 0.717) is 17.8 Å². The van der Waals surface area contributed by atoms with Crippen LogP contribution in [-0.4, -0.2) is 66.8 Å². The molecule has 1 aromatic carbocycles. The highest BCUT2D eigenvalue weighted by Gasteiger charge is 2.35. The largest absolute Gasteiger partial charge is 0.340 e. The summed E-state index contributed by atoms with van der Waals surface area (Å²) in [7, 11) is 0. The number of nitrogens with zero attached hydrogens (tertiary/aromatic N) is 6. The van der Waals surface area contributed by atoms with Crippen molar-refractivity contribution in [1.82, 2.24) is 34.7 Å². The van der Waals surface area contributed by atoms with Crippen molar-refractivity contribution in [2.75, 3.05) is 31.5 Å². The van der Waals surface area contributed by atoms with E-state index < -0.39 is 0 Å². The lowest BCUT2D eigenvalue weighted by Crippen LogP contribution is -2.49. The van der Waals surface area contributed by atoms with Gasteiger partial charge in [-0.25, -0.2) is 19.9 Å². The summed E-state index contributed by atoms with van der Waals surface area (Å²) >= 11 is 0. The number of amides is 1. The number of aromatic amines is 1. The smallest absolute Gasteiger partial charge is 0.225 e. The summed E-state index contributed by atoms with van der Waals surface area (Å²) < 4.78 is 0. The summed E-state index contributed by atoms with van der Waals surface area (Å²) in [5.41, 5.74) is 4.88. The zero-order valence-corrected chi connectivity index (χ0v) is 20.6. The van der Waals surface area contributed by atoms with Crippen LogP contribution in [0.3, 0.4) is 0 Å². The van der Waals surface area contributed by atoms with Crippen LogP contribution in [0, 0.1) is 12.8 Å². The second kappa shape index (κ2) is 9.31. The Hall–Kier alpha value is -3.85. The van der Waals surface area contributed by atoms with Crippen molar-refractivity contribution in [2.24, 2.45) is 5.92 Å². The molecule has 3 aromatic heterocycles. The van der Waals surface area contributed by atoms with Crippen molar-refractivity contribution >= 4 is 28.7 Å². The van der Waals surface area contributed by atoms with Crippen molar-refractivity contribution in [1.29, 1.82) is 0 Å². The highest BCUT2D eigenvalue weighted by Crippen LogP contribution is 2.32. The average molecular weight is 483 g/mol. The van der Waals surface area contributed by atoms with Crippen LogP contribution in [0.15, 0.2) is 48.8 Å². The van der Waals surface area contributed by atoms with Gasteiger partial charge < -0.3 is 15.2 Å². The lowest BCUT2D eigenvalue weighted by molar-refractivity contribution is -0.134. The molecule has 2 aliphatic rings. The van der Waals surface area contributed by atoms with Crippen molar-refractivity contribution in [3.05, 3.63) is 60.2 Å². The Balaban J connectivity index is 1.14. The first-order chi connectivity index (χ1) is 17.5. The normalized spacial score (nSPS) is 17.3. The molecule has 9 nitrogen and oxygen atoms in total. The molecule has 6 rings (SSSR count). The van der Waals surface area contributed by atoms with Crippen LogP contribution in [-0.2, 0) is 4.79 Å². The summed E-state index contributed by atoms with van der Waals surface area (Å²) in [6.45, 7) is 7.51. The number of benzene rings is 1. The third kappa shape index (κ3) is 4.66. The summed E-state index contributed by atoms with van der Waals surface area (Å²) in [4.78, 5) is 38.1. The van der Waals surface area contributed by atoms with Gasteiger partial charge in [0.1, 0.15) is 11.6 Å². The number of aryl methyl sites for hydroxylation is 1. The lowest BCUT2D eigenvalue weighted by Gasteiger charge is -2.38. The zero-order chi connectivity index (χ0) is 24.6. The maximum Gasteiger partial charge on any atom is 0.225 e. The first-order valence-electron chi connectivity index (χ1n) is 12.6. The molecular formula is C27H30N8O. The van der Waals surface area contributed by atoms with E-state index in [4.69, 9.17) is 0 Å². The van der Waals surface area contributed by atoms with Gasteiger partial charge in [-0.2, -0.15) is 0 Å². The van der Waals surface area contributed by atoms with Gasteiger partial charge in [0.25, 0.3) is 0 Å². The maximum absolute atomic E-state index is 12.4. The first-order valence-corrected chi connectivity index (χ1v) is 12.6. The quantitative estimate of drug-likeness (QED) is 0.427. The second-order valence-corrected chi connectivity index (χ2v) is 9.72. The number of rotatable bonds is 6. The number of H-pyrrole nitrogens is 1. The molecular weight excluding hydrogens is 452 g/mol. The molecule has 1 aliphatic carbocycles. The Kier molecular flexibility index (Phi) is 5.85. The fourth-order valence-electron chi connectivity index (χ4n) is 4.87. The first kappa shape index (κ1) is 22.6. The van der Waals surface area contributed by atoms with Gasteiger partial charge in [0.05, 0.1) is 16.7 Å². The number of hydrogen-bond donors (Lipinski definition) is 2. The van der Waals surface area contributed by atoms with Crippen molar-refractivity contribution in [3.63, 3.8) is 0 Å². The number of imidazole rings is 1. The van der Waals surface area contributed by atoms with Gasteiger partial charge in [-0.3, -0.25) is 9.69 Å². The zero-order valence-electron chi connectivity index (χ0n) is 20.6. The molecule has 0 radical (unpaired) electrons. The van der Waals surface area contributed by atoms with E-state index in [0.717, 1.165) is 73.0 Å². The van der Waals surface area contributed by atoms with Crippen molar-refractivity contribution < 1.29 is 4.79 Å². The molecule has 36 heavy (non-hydrogen) atoms. The van der Waals surface area contributed by atoms with Gasteiger partial charge in [0.15, 0.2) is 0 Å². The predicted octanol–water partition coefficient (Wildman–Crippen LogP) is 4.08. The number of nitrogens with one attached hydrogen (secondary N) is 2. The SMILES string of the molecule is Cc1nccc(-c2ccc3nc(Nc4cc([C@@H](C)N5CCN(C(=O)C6CC6)CC5)ccn4)[nH]c3c2)n1. The number of carbonyl (C=O) groups is 1. The number of piperazine rings is 1. The summed E-state index contributed by atoms with van der Waals surface area (Å²) in [6, 6.07) is 12.3. The molecule has 2 N–H and O–H groups in total. The minimum absolute atomic E-state index is 0.237. The topological polar surface area (TPSA) is 103 Å². The van der Waals surface area contributed by atoms with E-state index in [1.165, 1.54) is 5.56 Å². The molecule has 9 heteroatoms.